The molecule has 2 N–H and O–H groups in total. The minimum atomic E-state index is -0.776. The van der Waals surface area contributed by atoms with Gasteiger partial charge in [-0.15, -0.1) is 0 Å². The summed E-state index contributed by atoms with van der Waals surface area (Å²) >= 11 is 0. The van der Waals surface area contributed by atoms with Crippen molar-refractivity contribution in [3.05, 3.63) is 0 Å². The van der Waals surface area contributed by atoms with Crippen LogP contribution in [0.15, 0.2) is 0 Å². The Bertz CT molecular complexity index is 279. The van der Waals surface area contributed by atoms with Crippen LogP contribution in [0, 0.1) is 0 Å². The minimum absolute atomic E-state index is 0.421. The van der Waals surface area contributed by atoms with E-state index in [0.29, 0.717) is 18.5 Å². The summed E-state index contributed by atoms with van der Waals surface area (Å²) in [5.74, 6) is -0.731. The van der Waals surface area contributed by atoms with Gasteiger partial charge in [-0.2, -0.15) is 0 Å². The van der Waals surface area contributed by atoms with E-state index in [1.165, 1.54) is 6.42 Å². The van der Waals surface area contributed by atoms with Crippen LogP contribution in [0.25, 0.3) is 0 Å². The molecule has 1 fully saturated rings. The summed E-state index contributed by atoms with van der Waals surface area (Å²) < 4.78 is 0. The van der Waals surface area contributed by atoms with Crippen LogP contribution in [0.3, 0.4) is 0 Å². The van der Waals surface area contributed by atoms with Gasteiger partial charge in [-0.25, -0.2) is 0 Å². The number of carbonyl (C=O) groups is 1. The molecule has 0 aliphatic heterocycles. The van der Waals surface area contributed by atoms with Crippen molar-refractivity contribution < 1.29 is 9.90 Å². The first-order chi connectivity index (χ1) is 8.39. The summed E-state index contributed by atoms with van der Waals surface area (Å²) in [4.78, 5) is 13.7. The second kappa shape index (κ2) is 6.53. The zero-order valence-electron chi connectivity index (χ0n) is 12.2. The number of rotatable bonds is 9. The van der Waals surface area contributed by atoms with Crippen LogP contribution < -0.4 is 5.32 Å². The second-order valence-corrected chi connectivity index (χ2v) is 5.92. The molecule has 0 bridgehead atoms. The first-order valence-corrected chi connectivity index (χ1v) is 7.10. The van der Waals surface area contributed by atoms with Gasteiger partial charge in [-0.05, 0) is 46.6 Å². The number of carboxylic acids is 1. The Morgan fingerprint density at radius 3 is 2.61 bits per heavy atom. The Hall–Kier alpha value is -0.610. The van der Waals surface area contributed by atoms with E-state index in [1.54, 1.807) is 0 Å². The van der Waals surface area contributed by atoms with Crippen LogP contribution in [0.1, 0.15) is 52.9 Å². The van der Waals surface area contributed by atoms with Gasteiger partial charge in [-0.1, -0.05) is 13.3 Å². The lowest BCUT2D eigenvalue weighted by Gasteiger charge is -2.31. The number of nitrogens with one attached hydrogen (secondary N) is 1. The van der Waals surface area contributed by atoms with Gasteiger partial charge in [0.05, 0.1) is 0 Å². The van der Waals surface area contributed by atoms with Crippen LogP contribution >= 0.6 is 0 Å². The van der Waals surface area contributed by atoms with Crippen LogP contribution in [0.4, 0.5) is 0 Å². The molecule has 106 valence electrons. The van der Waals surface area contributed by atoms with E-state index in [9.17, 15) is 9.90 Å². The van der Waals surface area contributed by atoms with E-state index >= 15 is 0 Å². The Labute approximate surface area is 111 Å². The summed E-state index contributed by atoms with van der Waals surface area (Å²) in [5.41, 5.74) is -0.776. The third-order valence-electron chi connectivity index (χ3n) is 4.00. The van der Waals surface area contributed by atoms with E-state index in [-0.39, 0.29) is 0 Å². The Kier molecular flexibility index (Phi) is 5.60. The van der Waals surface area contributed by atoms with E-state index in [2.05, 4.69) is 31.1 Å². The molecule has 0 heterocycles. The smallest absolute Gasteiger partial charge is 0.323 e. The van der Waals surface area contributed by atoms with Crippen molar-refractivity contribution in [2.75, 3.05) is 13.6 Å². The SMILES string of the molecule is CCCC(C)N(C)CCC(C)(NC1CC1)C(=O)O. The number of nitrogens with zero attached hydrogens (tertiary/aromatic N) is 1. The van der Waals surface area contributed by atoms with E-state index in [4.69, 9.17) is 0 Å². The molecular weight excluding hydrogens is 228 g/mol. The zero-order chi connectivity index (χ0) is 13.8. The summed E-state index contributed by atoms with van der Waals surface area (Å²) in [5, 5.41) is 12.6. The number of hydrogen-bond donors (Lipinski definition) is 2. The lowest BCUT2D eigenvalue weighted by Crippen LogP contribution is -2.52. The fourth-order valence-corrected chi connectivity index (χ4v) is 2.18. The molecule has 1 aliphatic carbocycles. The van der Waals surface area contributed by atoms with E-state index in [0.717, 1.165) is 25.8 Å². The lowest BCUT2D eigenvalue weighted by atomic mass is 9.97. The molecule has 0 aromatic heterocycles. The van der Waals surface area contributed by atoms with Crippen molar-refractivity contribution in [3.63, 3.8) is 0 Å². The first kappa shape index (κ1) is 15.4. The molecule has 0 amide bonds. The van der Waals surface area contributed by atoms with Crippen LogP contribution in [0.5, 0.6) is 0 Å². The van der Waals surface area contributed by atoms with Gasteiger partial charge in [0.1, 0.15) is 5.54 Å². The Morgan fingerprint density at radius 1 is 1.56 bits per heavy atom. The lowest BCUT2D eigenvalue weighted by molar-refractivity contribution is -0.144. The van der Waals surface area contributed by atoms with Gasteiger partial charge >= 0.3 is 5.97 Å². The average molecular weight is 256 g/mol. The fraction of sp³-hybridized carbons (Fsp3) is 0.929. The molecule has 0 saturated heterocycles. The molecule has 0 spiro atoms. The summed E-state index contributed by atoms with van der Waals surface area (Å²) in [6.45, 7) is 7.02. The predicted octanol–water partition coefficient (Wildman–Crippen LogP) is 2.09. The average Bonchev–Trinajstić information content (AvgIpc) is 3.09. The molecule has 1 aliphatic rings. The van der Waals surface area contributed by atoms with Crippen molar-refractivity contribution >= 4 is 5.97 Å². The predicted molar refractivity (Wildman–Crippen MR) is 73.8 cm³/mol. The van der Waals surface area contributed by atoms with Gasteiger partial charge in [0.15, 0.2) is 0 Å². The number of carboxylic acid groups (broad SMARTS) is 1. The van der Waals surface area contributed by atoms with E-state index < -0.39 is 11.5 Å². The molecule has 18 heavy (non-hydrogen) atoms. The normalized spacial score (nSPS) is 20.7. The highest BCUT2D eigenvalue weighted by molar-refractivity contribution is 5.78. The number of aliphatic carboxylic acids is 1. The maximum absolute atomic E-state index is 11.4. The molecule has 0 radical (unpaired) electrons. The van der Waals surface area contributed by atoms with Crippen molar-refractivity contribution in [2.45, 2.75) is 70.5 Å². The monoisotopic (exact) mass is 256 g/mol. The van der Waals surface area contributed by atoms with Gasteiger partial charge in [0.25, 0.3) is 0 Å². The maximum atomic E-state index is 11.4. The standard InChI is InChI=1S/C14H28N2O2/c1-5-6-11(2)16(4)10-9-14(3,13(17)18)15-12-7-8-12/h11-12,15H,5-10H2,1-4H3,(H,17,18). The highest BCUT2D eigenvalue weighted by Gasteiger charge is 2.38. The van der Waals surface area contributed by atoms with Crippen molar-refractivity contribution in [3.8, 4) is 0 Å². The van der Waals surface area contributed by atoms with Crippen LogP contribution in [0.2, 0.25) is 0 Å². The molecule has 1 rings (SSSR count). The van der Waals surface area contributed by atoms with Crippen molar-refractivity contribution in [1.82, 2.24) is 10.2 Å². The highest BCUT2D eigenvalue weighted by Crippen LogP contribution is 2.24. The molecular formula is C14H28N2O2. The summed E-state index contributed by atoms with van der Waals surface area (Å²) in [7, 11) is 2.08. The van der Waals surface area contributed by atoms with Gasteiger partial charge < -0.3 is 10.0 Å². The van der Waals surface area contributed by atoms with Crippen LogP contribution in [-0.2, 0) is 4.79 Å². The topological polar surface area (TPSA) is 52.6 Å². The Balaban J connectivity index is 2.43. The zero-order valence-corrected chi connectivity index (χ0v) is 12.2. The molecule has 4 heteroatoms. The molecule has 4 nitrogen and oxygen atoms in total. The fourth-order valence-electron chi connectivity index (χ4n) is 2.18. The minimum Gasteiger partial charge on any atom is -0.480 e. The first-order valence-electron chi connectivity index (χ1n) is 7.10. The molecule has 2 unspecified atom stereocenters. The van der Waals surface area contributed by atoms with Crippen molar-refractivity contribution in [2.24, 2.45) is 0 Å². The van der Waals surface area contributed by atoms with Gasteiger partial charge in [-0.3, -0.25) is 10.1 Å². The highest BCUT2D eigenvalue weighted by atomic mass is 16.4. The molecule has 2 atom stereocenters. The van der Waals surface area contributed by atoms with E-state index in [1.807, 2.05) is 6.92 Å². The van der Waals surface area contributed by atoms with Crippen molar-refractivity contribution in [1.29, 1.82) is 0 Å². The summed E-state index contributed by atoms with van der Waals surface area (Å²) in [6, 6.07) is 0.943. The quantitative estimate of drug-likeness (QED) is 0.663. The third kappa shape index (κ3) is 4.58. The Morgan fingerprint density at radius 2 is 2.17 bits per heavy atom. The molecule has 1 saturated carbocycles. The van der Waals surface area contributed by atoms with Gasteiger partial charge in [0, 0.05) is 18.6 Å². The van der Waals surface area contributed by atoms with Gasteiger partial charge in [0.2, 0.25) is 0 Å². The molecule has 0 aromatic carbocycles. The molecule has 0 aromatic rings. The third-order valence-corrected chi connectivity index (χ3v) is 4.00. The summed E-state index contributed by atoms with van der Waals surface area (Å²) in [6.07, 6.45) is 5.22. The second-order valence-electron chi connectivity index (χ2n) is 5.92. The largest absolute Gasteiger partial charge is 0.480 e. The number of hydrogen-bond acceptors (Lipinski definition) is 3. The maximum Gasteiger partial charge on any atom is 0.323 e. The van der Waals surface area contributed by atoms with Crippen LogP contribution in [-0.4, -0.2) is 47.2 Å².